The Kier molecular flexibility index (Phi) is 4.56. The fraction of sp³-hybridized carbons (Fsp3) is 0.211. The van der Waals surface area contributed by atoms with Gasteiger partial charge in [0.15, 0.2) is 0 Å². The van der Waals surface area contributed by atoms with Crippen molar-refractivity contribution < 1.29 is 31.3 Å². The summed E-state index contributed by atoms with van der Waals surface area (Å²) in [5.74, 6) is -2.11. The van der Waals surface area contributed by atoms with E-state index in [2.05, 4.69) is 14.7 Å². The summed E-state index contributed by atoms with van der Waals surface area (Å²) in [6.45, 7) is 0.386. The van der Waals surface area contributed by atoms with Crippen LogP contribution in [0.25, 0.3) is 11.4 Å². The number of alkyl halides is 5. The molecule has 4 rings (SSSR count). The first kappa shape index (κ1) is 19.0. The van der Waals surface area contributed by atoms with Gasteiger partial charge in [-0.25, -0.2) is 8.78 Å². The molecule has 1 aromatic heterocycles. The van der Waals surface area contributed by atoms with Gasteiger partial charge in [0.25, 0.3) is 12.3 Å². The Bertz CT molecular complexity index is 1080. The minimum Gasteiger partial charge on any atom is -0.330 e. The molecule has 0 atom stereocenters. The van der Waals surface area contributed by atoms with E-state index in [1.54, 1.807) is 12.1 Å². The summed E-state index contributed by atoms with van der Waals surface area (Å²) in [5, 5.41) is 3.31. The number of hydrogen-bond acceptors (Lipinski definition) is 4. The molecule has 0 aliphatic carbocycles. The number of amides is 1. The van der Waals surface area contributed by atoms with Crippen molar-refractivity contribution in [2.24, 2.45) is 0 Å². The lowest BCUT2D eigenvalue weighted by atomic mass is 10.1. The number of aromatic nitrogens is 2. The van der Waals surface area contributed by atoms with E-state index in [-0.39, 0.29) is 35.9 Å². The van der Waals surface area contributed by atoms with Crippen molar-refractivity contribution in [3.05, 3.63) is 70.6 Å². The first-order valence-corrected chi connectivity index (χ1v) is 8.43. The third-order valence-corrected chi connectivity index (χ3v) is 4.49. The molecule has 2 aromatic carbocycles. The van der Waals surface area contributed by atoms with Gasteiger partial charge in [0.05, 0.1) is 0 Å². The number of carbonyl (C=O) groups is 1. The van der Waals surface area contributed by atoms with E-state index in [4.69, 9.17) is 0 Å². The standard InChI is InChI=1S/C19H12F5N3O2/c20-15(21)11-3-1-2-10(6-11)8-27-9-13-5-4-12(7-14(13)17(27)28)16-25-18(29-26-16)19(22,23)24/h1-7,15H,8-9H2. The monoisotopic (exact) mass is 409 g/mol. The zero-order chi connectivity index (χ0) is 20.8. The lowest BCUT2D eigenvalue weighted by Gasteiger charge is -2.16. The van der Waals surface area contributed by atoms with Gasteiger partial charge in [-0.1, -0.05) is 35.5 Å². The van der Waals surface area contributed by atoms with E-state index in [0.717, 1.165) is 0 Å². The van der Waals surface area contributed by atoms with Crippen LogP contribution in [0.3, 0.4) is 0 Å². The third kappa shape index (κ3) is 3.69. The molecule has 5 nitrogen and oxygen atoms in total. The lowest BCUT2D eigenvalue weighted by Crippen LogP contribution is -2.23. The van der Waals surface area contributed by atoms with Gasteiger partial charge in [-0.15, -0.1) is 0 Å². The molecule has 0 saturated heterocycles. The van der Waals surface area contributed by atoms with E-state index in [1.807, 2.05) is 0 Å². The number of nitrogens with zero attached hydrogens (tertiary/aromatic N) is 3. The molecule has 3 aromatic rings. The Labute approximate surface area is 160 Å². The Morgan fingerprint density at radius 3 is 2.62 bits per heavy atom. The SMILES string of the molecule is O=C1c2cc(-c3noc(C(F)(F)F)n3)ccc2CN1Cc1cccc(C(F)F)c1. The Morgan fingerprint density at radius 2 is 1.93 bits per heavy atom. The molecule has 1 amide bonds. The maximum atomic E-state index is 12.9. The quantitative estimate of drug-likeness (QED) is 0.578. The summed E-state index contributed by atoms with van der Waals surface area (Å²) >= 11 is 0. The van der Waals surface area contributed by atoms with E-state index >= 15 is 0 Å². The van der Waals surface area contributed by atoms with Crippen LogP contribution < -0.4 is 0 Å². The average Bonchev–Trinajstić information content (AvgIpc) is 3.28. The molecule has 10 heteroatoms. The Morgan fingerprint density at radius 1 is 1.14 bits per heavy atom. The number of benzene rings is 2. The van der Waals surface area contributed by atoms with Crippen molar-refractivity contribution >= 4 is 5.91 Å². The Hall–Kier alpha value is -3.30. The molecule has 150 valence electrons. The van der Waals surface area contributed by atoms with Gasteiger partial charge in [0, 0.05) is 29.8 Å². The molecule has 1 aliphatic rings. The summed E-state index contributed by atoms with van der Waals surface area (Å²) in [5.41, 5.74) is 1.59. The second-order valence-electron chi connectivity index (χ2n) is 6.50. The van der Waals surface area contributed by atoms with E-state index < -0.39 is 18.5 Å². The van der Waals surface area contributed by atoms with E-state index in [1.165, 1.54) is 35.2 Å². The molecule has 0 N–H and O–H groups in total. The molecule has 0 saturated carbocycles. The highest BCUT2D eigenvalue weighted by Gasteiger charge is 2.38. The van der Waals surface area contributed by atoms with Crippen LogP contribution in [-0.2, 0) is 19.3 Å². The van der Waals surface area contributed by atoms with Crippen LogP contribution in [0.4, 0.5) is 22.0 Å². The molecule has 0 radical (unpaired) electrons. The van der Waals surface area contributed by atoms with E-state index in [0.29, 0.717) is 16.7 Å². The highest BCUT2D eigenvalue weighted by Crippen LogP contribution is 2.32. The number of rotatable bonds is 4. The number of carbonyl (C=O) groups excluding carboxylic acids is 1. The maximum Gasteiger partial charge on any atom is 0.471 e. The second kappa shape index (κ2) is 6.94. The topological polar surface area (TPSA) is 59.2 Å². The minimum atomic E-state index is -4.76. The summed E-state index contributed by atoms with van der Waals surface area (Å²) in [7, 11) is 0. The summed E-state index contributed by atoms with van der Waals surface area (Å²) < 4.78 is 67.8. The summed E-state index contributed by atoms with van der Waals surface area (Å²) in [6.07, 6.45) is -7.37. The van der Waals surface area contributed by atoms with Crippen molar-refractivity contribution in [1.82, 2.24) is 15.0 Å². The molecule has 0 unspecified atom stereocenters. The first-order chi connectivity index (χ1) is 13.7. The third-order valence-electron chi connectivity index (χ3n) is 4.49. The molecule has 2 heterocycles. The van der Waals surface area contributed by atoms with Crippen molar-refractivity contribution in [2.75, 3.05) is 0 Å². The van der Waals surface area contributed by atoms with Gasteiger partial charge in [-0.05, 0) is 23.3 Å². The largest absolute Gasteiger partial charge is 0.471 e. The fourth-order valence-corrected chi connectivity index (χ4v) is 3.13. The predicted octanol–water partition coefficient (Wildman–Crippen LogP) is 4.85. The number of hydrogen-bond donors (Lipinski definition) is 0. The molecule has 1 aliphatic heterocycles. The smallest absolute Gasteiger partial charge is 0.330 e. The van der Waals surface area contributed by atoms with Gasteiger partial charge in [0.1, 0.15) is 0 Å². The van der Waals surface area contributed by atoms with Crippen LogP contribution in [-0.4, -0.2) is 20.9 Å². The zero-order valence-corrected chi connectivity index (χ0v) is 14.6. The predicted molar refractivity (Wildman–Crippen MR) is 89.7 cm³/mol. The minimum absolute atomic E-state index is 0.129. The second-order valence-corrected chi connectivity index (χ2v) is 6.50. The fourth-order valence-electron chi connectivity index (χ4n) is 3.13. The van der Waals surface area contributed by atoms with Crippen LogP contribution in [0.2, 0.25) is 0 Å². The summed E-state index contributed by atoms with van der Waals surface area (Å²) in [4.78, 5) is 17.5. The van der Waals surface area contributed by atoms with Crippen LogP contribution in [0, 0.1) is 0 Å². The average molecular weight is 409 g/mol. The van der Waals surface area contributed by atoms with Gasteiger partial charge in [0.2, 0.25) is 5.82 Å². The van der Waals surface area contributed by atoms with Crippen LogP contribution in [0.15, 0.2) is 47.0 Å². The molecular weight excluding hydrogens is 397 g/mol. The summed E-state index contributed by atoms with van der Waals surface area (Å²) in [6, 6.07) is 10.3. The zero-order valence-electron chi connectivity index (χ0n) is 14.6. The number of halogens is 5. The lowest BCUT2D eigenvalue weighted by molar-refractivity contribution is -0.159. The number of fused-ring (bicyclic) bond motifs is 1. The van der Waals surface area contributed by atoms with Crippen molar-refractivity contribution in [3.63, 3.8) is 0 Å². The highest BCUT2D eigenvalue weighted by atomic mass is 19.4. The van der Waals surface area contributed by atoms with Crippen molar-refractivity contribution in [1.29, 1.82) is 0 Å². The van der Waals surface area contributed by atoms with E-state index in [9.17, 15) is 26.7 Å². The normalized spacial score (nSPS) is 14.0. The molecule has 0 bridgehead atoms. The molecule has 0 spiro atoms. The molecular formula is C19H12F5N3O2. The van der Waals surface area contributed by atoms with Crippen LogP contribution in [0.5, 0.6) is 0 Å². The van der Waals surface area contributed by atoms with Crippen LogP contribution in [0.1, 0.15) is 39.4 Å². The van der Waals surface area contributed by atoms with Gasteiger partial charge in [-0.3, -0.25) is 4.79 Å². The Balaban J connectivity index is 1.56. The van der Waals surface area contributed by atoms with Crippen molar-refractivity contribution in [2.45, 2.75) is 25.7 Å². The van der Waals surface area contributed by atoms with Crippen molar-refractivity contribution in [3.8, 4) is 11.4 Å². The van der Waals surface area contributed by atoms with Gasteiger partial charge >= 0.3 is 12.1 Å². The maximum absolute atomic E-state index is 12.9. The highest BCUT2D eigenvalue weighted by molar-refractivity contribution is 5.99. The van der Waals surface area contributed by atoms with Crippen LogP contribution >= 0.6 is 0 Å². The van der Waals surface area contributed by atoms with Gasteiger partial charge in [-0.2, -0.15) is 18.2 Å². The molecule has 29 heavy (non-hydrogen) atoms. The first-order valence-electron chi connectivity index (χ1n) is 8.43. The molecule has 0 fully saturated rings. The van der Waals surface area contributed by atoms with Gasteiger partial charge < -0.3 is 9.42 Å².